The lowest BCUT2D eigenvalue weighted by molar-refractivity contribution is -0.150. The third-order valence-corrected chi connectivity index (χ3v) is 1.26. The fraction of sp³-hybridized carbons (Fsp3) is 0.500. The molecular weight excluding hydrogens is 174 g/mol. The molecule has 0 aromatic rings. The number of nitrogens with one attached hydrogen (secondary N) is 1. The molecule has 0 rings (SSSR count). The quantitative estimate of drug-likeness (QED) is 0.563. The first-order chi connectivity index (χ1) is 6.07. The summed E-state index contributed by atoms with van der Waals surface area (Å²) < 4.78 is 4.72. The van der Waals surface area contributed by atoms with Crippen molar-refractivity contribution in [2.24, 2.45) is 0 Å². The molecular formula is C8H13NO4. The standard InChI is InChI=1S/C8H13NO4/c1-3-4-9-7(10)5-13-6(2)8(11)12/h3,6H,1,4-5H2,2H3,(H,9,10)(H,11,12)/t6-/m0/s1. The molecule has 0 saturated heterocycles. The largest absolute Gasteiger partial charge is 0.479 e. The molecule has 0 heterocycles. The van der Waals surface area contributed by atoms with Crippen molar-refractivity contribution in [3.8, 4) is 0 Å². The van der Waals surface area contributed by atoms with Gasteiger partial charge in [-0.2, -0.15) is 0 Å². The first kappa shape index (κ1) is 11.6. The highest BCUT2D eigenvalue weighted by atomic mass is 16.5. The number of carboxylic acids is 1. The van der Waals surface area contributed by atoms with Gasteiger partial charge in [0.2, 0.25) is 5.91 Å². The fourth-order valence-electron chi connectivity index (χ4n) is 0.509. The van der Waals surface area contributed by atoms with E-state index in [2.05, 4.69) is 11.9 Å². The number of ether oxygens (including phenoxy) is 1. The number of hydrogen-bond donors (Lipinski definition) is 2. The molecule has 0 aromatic carbocycles. The normalized spacial score (nSPS) is 11.8. The van der Waals surface area contributed by atoms with E-state index < -0.39 is 12.1 Å². The lowest BCUT2D eigenvalue weighted by Crippen LogP contribution is -2.31. The summed E-state index contributed by atoms with van der Waals surface area (Å²) >= 11 is 0. The summed E-state index contributed by atoms with van der Waals surface area (Å²) in [6, 6.07) is 0. The first-order valence-corrected chi connectivity index (χ1v) is 3.80. The first-order valence-electron chi connectivity index (χ1n) is 3.80. The van der Waals surface area contributed by atoms with Gasteiger partial charge in [-0.15, -0.1) is 6.58 Å². The second-order valence-electron chi connectivity index (χ2n) is 2.38. The van der Waals surface area contributed by atoms with Crippen molar-refractivity contribution in [1.29, 1.82) is 0 Å². The van der Waals surface area contributed by atoms with E-state index >= 15 is 0 Å². The number of amides is 1. The Bertz CT molecular complexity index is 202. The Morgan fingerprint density at radius 3 is 2.77 bits per heavy atom. The van der Waals surface area contributed by atoms with E-state index in [9.17, 15) is 9.59 Å². The summed E-state index contributed by atoms with van der Waals surface area (Å²) in [5.41, 5.74) is 0. The van der Waals surface area contributed by atoms with Crippen LogP contribution in [0.3, 0.4) is 0 Å². The summed E-state index contributed by atoms with van der Waals surface area (Å²) in [5.74, 6) is -1.44. The van der Waals surface area contributed by atoms with Gasteiger partial charge in [0.15, 0.2) is 6.10 Å². The van der Waals surface area contributed by atoms with E-state index in [1.165, 1.54) is 13.0 Å². The number of rotatable bonds is 6. The highest BCUT2D eigenvalue weighted by Gasteiger charge is 2.12. The van der Waals surface area contributed by atoms with E-state index in [4.69, 9.17) is 9.84 Å². The van der Waals surface area contributed by atoms with Gasteiger partial charge < -0.3 is 15.2 Å². The van der Waals surface area contributed by atoms with Gasteiger partial charge in [-0.3, -0.25) is 4.79 Å². The van der Waals surface area contributed by atoms with Crippen molar-refractivity contribution in [2.75, 3.05) is 13.2 Å². The molecule has 0 aliphatic rings. The lowest BCUT2D eigenvalue weighted by Gasteiger charge is -2.07. The van der Waals surface area contributed by atoms with Gasteiger partial charge in [-0.05, 0) is 6.92 Å². The molecule has 1 amide bonds. The average Bonchev–Trinajstić information content (AvgIpc) is 2.10. The number of aliphatic carboxylic acids is 1. The van der Waals surface area contributed by atoms with Crippen LogP contribution in [0.5, 0.6) is 0 Å². The van der Waals surface area contributed by atoms with Crippen LogP contribution in [0.25, 0.3) is 0 Å². The average molecular weight is 187 g/mol. The van der Waals surface area contributed by atoms with Crippen molar-refractivity contribution < 1.29 is 19.4 Å². The van der Waals surface area contributed by atoms with E-state index in [0.717, 1.165) is 0 Å². The van der Waals surface area contributed by atoms with Gasteiger partial charge in [0, 0.05) is 6.54 Å². The molecule has 0 fully saturated rings. The monoisotopic (exact) mass is 187 g/mol. The number of carboxylic acid groups (broad SMARTS) is 1. The number of carbonyl (C=O) groups excluding carboxylic acids is 1. The van der Waals surface area contributed by atoms with Gasteiger partial charge in [0.25, 0.3) is 0 Å². The van der Waals surface area contributed by atoms with E-state index in [1.54, 1.807) is 0 Å². The van der Waals surface area contributed by atoms with Crippen molar-refractivity contribution >= 4 is 11.9 Å². The molecule has 0 aromatic heterocycles. The third kappa shape index (κ3) is 5.86. The molecule has 2 N–H and O–H groups in total. The molecule has 0 unspecified atom stereocenters. The molecule has 0 aliphatic carbocycles. The van der Waals surface area contributed by atoms with Crippen molar-refractivity contribution in [3.63, 3.8) is 0 Å². The topological polar surface area (TPSA) is 75.6 Å². The third-order valence-electron chi connectivity index (χ3n) is 1.26. The summed E-state index contributed by atoms with van der Waals surface area (Å²) in [5, 5.41) is 10.8. The molecule has 1 atom stereocenters. The molecule has 0 saturated carbocycles. The van der Waals surface area contributed by atoms with Crippen LogP contribution in [0, 0.1) is 0 Å². The van der Waals surface area contributed by atoms with Gasteiger partial charge in [-0.25, -0.2) is 4.79 Å². The Kier molecular flexibility index (Phi) is 5.54. The molecule has 0 bridgehead atoms. The van der Waals surface area contributed by atoms with Crippen molar-refractivity contribution in [1.82, 2.24) is 5.32 Å². The Balaban J connectivity index is 3.57. The van der Waals surface area contributed by atoms with Crippen LogP contribution in [0.1, 0.15) is 6.92 Å². The second kappa shape index (κ2) is 6.19. The minimum Gasteiger partial charge on any atom is -0.479 e. The van der Waals surface area contributed by atoms with Crippen LogP contribution in [0.15, 0.2) is 12.7 Å². The molecule has 5 nitrogen and oxygen atoms in total. The smallest absolute Gasteiger partial charge is 0.332 e. The highest BCUT2D eigenvalue weighted by Crippen LogP contribution is 1.89. The second-order valence-corrected chi connectivity index (χ2v) is 2.38. The van der Waals surface area contributed by atoms with Gasteiger partial charge in [0.1, 0.15) is 6.61 Å². The summed E-state index contributed by atoms with van der Waals surface area (Å²) in [4.78, 5) is 21.1. The maximum atomic E-state index is 10.9. The zero-order chi connectivity index (χ0) is 10.3. The van der Waals surface area contributed by atoms with Crippen molar-refractivity contribution in [3.05, 3.63) is 12.7 Å². The molecule has 0 radical (unpaired) electrons. The Hall–Kier alpha value is -1.36. The molecule has 5 heteroatoms. The van der Waals surface area contributed by atoms with Crippen LogP contribution >= 0.6 is 0 Å². The minimum absolute atomic E-state index is 0.249. The van der Waals surface area contributed by atoms with Gasteiger partial charge in [0.05, 0.1) is 0 Å². The summed E-state index contributed by atoms with van der Waals surface area (Å²) in [6.07, 6.45) is 0.563. The predicted octanol–water partition coefficient (Wildman–Crippen LogP) is -0.222. The SMILES string of the molecule is C=CCNC(=O)CO[C@@H](C)C(=O)O. The van der Waals surface area contributed by atoms with Gasteiger partial charge in [-0.1, -0.05) is 6.08 Å². The maximum absolute atomic E-state index is 10.9. The lowest BCUT2D eigenvalue weighted by atomic mass is 10.4. The zero-order valence-electron chi connectivity index (χ0n) is 7.45. The van der Waals surface area contributed by atoms with Crippen molar-refractivity contribution in [2.45, 2.75) is 13.0 Å². The van der Waals surface area contributed by atoms with Crippen LogP contribution < -0.4 is 5.32 Å². The summed E-state index contributed by atoms with van der Waals surface area (Å²) in [6.45, 7) is 4.87. The molecule has 13 heavy (non-hydrogen) atoms. The number of hydrogen-bond acceptors (Lipinski definition) is 3. The van der Waals surface area contributed by atoms with Crippen LogP contribution in [0.2, 0.25) is 0 Å². The zero-order valence-corrected chi connectivity index (χ0v) is 7.45. The molecule has 74 valence electrons. The van der Waals surface area contributed by atoms with Crippen LogP contribution in [0.4, 0.5) is 0 Å². The van der Waals surface area contributed by atoms with Crippen LogP contribution in [-0.4, -0.2) is 36.2 Å². The van der Waals surface area contributed by atoms with E-state index in [1.807, 2.05) is 0 Å². The maximum Gasteiger partial charge on any atom is 0.332 e. The highest BCUT2D eigenvalue weighted by molar-refractivity contribution is 5.78. The van der Waals surface area contributed by atoms with Gasteiger partial charge >= 0.3 is 5.97 Å². The number of carbonyl (C=O) groups is 2. The Morgan fingerprint density at radius 1 is 1.69 bits per heavy atom. The fourth-order valence-corrected chi connectivity index (χ4v) is 0.509. The van der Waals surface area contributed by atoms with Crippen LogP contribution in [-0.2, 0) is 14.3 Å². The summed E-state index contributed by atoms with van der Waals surface area (Å²) in [7, 11) is 0. The molecule has 0 spiro atoms. The predicted molar refractivity (Wildman–Crippen MR) is 46.3 cm³/mol. The van der Waals surface area contributed by atoms with E-state index in [-0.39, 0.29) is 12.5 Å². The van der Waals surface area contributed by atoms with E-state index in [0.29, 0.717) is 6.54 Å². The minimum atomic E-state index is -1.09. The Labute approximate surface area is 76.4 Å². The molecule has 0 aliphatic heterocycles. The Morgan fingerprint density at radius 2 is 2.31 bits per heavy atom.